The lowest BCUT2D eigenvalue weighted by atomic mass is 9.92. The van der Waals surface area contributed by atoms with Crippen molar-refractivity contribution in [2.24, 2.45) is 13.0 Å². The molecule has 2 fully saturated rings. The molecule has 3 rings (SSSR count). The molecule has 0 aromatic carbocycles. The molecule has 146 valence electrons. The topological polar surface area (TPSA) is 87.5 Å². The minimum atomic E-state index is -3.76. The zero-order chi connectivity index (χ0) is 19.1. The number of nitrogens with one attached hydrogen (secondary N) is 1. The maximum Gasteiger partial charge on any atom is 0.271 e. The summed E-state index contributed by atoms with van der Waals surface area (Å²) in [6.45, 7) is 1.92. The summed E-state index contributed by atoms with van der Waals surface area (Å²) in [4.78, 5) is 17.9. The molecular formula is C15H23F2N5O3S. The number of piperazine rings is 1. The van der Waals surface area contributed by atoms with Gasteiger partial charge in [0.15, 0.2) is 5.03 Å². The predicted molar refractivity (Wildman–Crippen MR) is 89.2 cm³/mol. The number of carbonyl (C=O) groups is 1. The zero-order valence-corrected chi connectivity index (χ0v) is 15.6. The van der Waals surface area contributed by atoms with Gasteiger partial charge in [0.25, 0.3) is 15.9 Å². The smallest absolute Gasteiger partial charge is 0.271 e. The van der Waals surface area contributed by atoms with E-state index >= 15 is 0 Å². The van der Waals surface area contributed by atoms with Crippen LogP contribution in [-0.4, -0.2) is 78.3 Å². The fraction of sp³-hybridized carbons (Fsp3) is 0.733. The molecule has 1 aromatic rings. The first kappa shape index (κ1) is 19.2. The number of amides is 1. The van der Waals surface area contributed by atoms with Crippen LogP contribution < -0.4 is 5.32 Å². The Bertz CT molecular complexity index is 768. The molecule has 3 heterocycles. The summed E-state index contributed by atoms with van der Waals surface area (Å²) in [6, 6.07) is 0. The fourth-order valence-corrected chi connectivity index (χ4v) is 4.74. The quantitative estimate of drug-likeness (QED) is 0.772. The molecule has 0 spiro atoms. The molecule has 0 aliphatic carbocycles. The van der Waals surface area contributed by atoms with Crippen LogP contribution in [-0.2, 0) is 21.9 Å². The Kier molecular flexibility index (Phi) is 5.06. The molecule has 11 heteroatoms. The second kappa shape index (κ2) is 6.86. The lowest BCUT2D eigenvalue weighted by Gasteiger charge is -2.38. The van der Waals surface area contributed by atoms with Gasteiger partial charge in [-0.05, 0) is 19.9 Å². The molecule has 1 unspecified atom stereocenters. The summed E-state index contributed by atoms with van der Waals surface area (Å²) in [5.41, 5.74) is 0. The number of sulfonamides is 1. The van der Waals surface area contributed by atoms with Crippen LogP contribution in [0.5, 0.6) is 0 Å². The van der Waals surface area contributed by atoms with Crippen LogP contribution in [0.2, 0.25) is 0 Å². The van der Waals surface area contributed by atoms with Crippen molar-refractivity contribution in [2.45, 2.75) is 24.3 Å². The van der Waals surface area contributed by atoms with Gasteiger partial charge in [-0.2, -0.15) is 4.31 Å². The molecule has 8 nitrogen and oxygen atoms in total. The van der Waals surface area contributed by atoms with Crippen LogP contribution in [0.4, 0.5) is 8.78 Å². The van der Waals surface area contributed by atoms with Gasteiger partial charge >= 0.3 is 0 Å². The number of hydrogen-bond acceptors (Lipinski definition) is 5. The number of alkyl halides is 2. The molecule has 0 radical (unpaired) electrons. The van der Waals surface area contributed by atoms with E-state index in [1.54, 1.807) is 18.5 Å². The van der Waals surface area contributed by atoms with E-state index in [-0.39, 0.29) is 37.6 Å². The first-order valence-corrected chi connectivity index (χ1v) is 9.94. The number of hydrogen-bond donors (Lipinski definition) is 1. The van der Waals surface area contributed by atoms with Crippen molar-refractivity contribution in [1.29, 1.82) is 0 Å². The molecule has 0 bridgehead atoms. The molecule has 26 heavy (non-hydrogen) atoms. The highest BCUT2D eigenvalue weighted by Crippen LogP contribution is 2.31. The monoisotopic (exact) mass is 391 g/mol. The number of nitrogens with zero attached hydrogens (tertiary/aromatic N) is 4. The largest absolute Gasteiger partial charge is 0.340 e. The standard InChI is InChI=1S/C15H23F2N5O3S/c1-11-19-13(9-20(11)2)26(24,25)22-7-5-21(6-8-22)14(23)12-3-4-18-10-15(12,16)17/h9,12,18H,3-8,10H2,1-2H3. The third-order valence-corrected chi connectivity index (χ3v) is 6.79. The van der Waals surface area contributed by atoms with Crippen molar-refractivity contribution in [1.82, 2.24) is 24.1 Å². The second-order valence-electron chi connectivity index (χ2n) is 6.75. The third kappa shape index (κ3) is 3.47. The van der Waals surface area contributed by atoms with E-state index in [0.717, 1.165) is 0 Å². The molecule has 0 saturated carbocycles. The maximum absolute atomic E-state index is 14.0. The van der Waals surface area contributed by atoms with Crippen molar-refractivity contribution >= 4 is 15.9 Å². The van der Waals surface area contributed by atoms with Gasteiger partial charge in [-0.3, -0.25) is 4.79 Å². The van der Waals surface area contributed by atoms with Crippen molar-refractivity contribution in [3.63, 3.8) is 0 Å². The van der Waals surface area contributed by atoms with E-state index in [2.05, 4.69) is 10.3 Å². The normalized spacial score (nSPS) is 24.6. The average Bonchev–Trinajstić information content (AvgIpc) is 2.94. The Morgan fingerprint density at radius 1 is 1.31 bits per heavy atom. The van der Waals surface area contributed by atoms with Crippen LogP contribution in [0, 0.1) is 12.8 Å². The van der Waals surface area contributed by atoms with E-state index in [4.69, 9.17) is 0 Å². The van der Waals surface area contributed by atoms with Crippen LogP contribution in [0.1, 0.15) is 12.2 Å². The number of halogens is 2. The van der Waals surface area contributed by atoms with Crippen LogP contribution >= 0.6 is 0 Å². The summed E-state index contributed by atoms with van der Waals surface area (Å²) < 4.78 is 56.1. The van der Waals surface area contributed by atoms with Gasteiger partial charge in [0.1, 0.15) is 11.7 Å². The number of piperidine rings is 1. The average molecular weight is 391 g/mol. The molecule has 2 aliphatic heterocycles. The van der Waals surface area contributed by atoms with E-state index in [1.807, 2.05) is 0 Å². The highest BCUT2D eigenvalue weighted by atomic mass is 32.2. The number of carbonyl (C=O) groups excluding carboxylic acids is 1. The molecular weight excluding hydrogens is 368 g/mol. The van der Waals surface area contributed by atoms with Gasteiger partial charge < -0.3 is 14.8 Å². The van der Waals surface area contributed by atoms with Crippen molar-refractivity contribution in [3.05, 3.63) is 12.0 Å². The zero-order valence-electron chi connectivity index (χ0n) is 14.8. The molecule has 2 aliphatic rings. The molecule has 2 saturated heterocycles. The number of rotatable bonds is 3. The van der Waals surface area contributed by atoms with E-state index < -0.39 is 34.3 Å². The molecule has 1 amide bonds. The Hall–Kier alpha value is -1.59. The minimum absolute atomic E-state index is 0.0397. The molecule has 1 N–H and O–H groups in total. The summed E-state index contributed by atoms with van der Waals surface area (Å²) in [5.74, 6) is -4.44. The summed E-state index contributed by atoms with van der Waals surface area (Å²) in [7, 11) is -2.05. The Labute approximate surface area is 151 Å². The van der Waals surface area contributed by atoms with Crippen LogP contribution in [0.3, 0.4) is 0 Å². The first-order chi connectivity index (χ1) is 12.1. The first-order valence-electron chi connectivity index (χ1n) is 8.50. The number of imidazole rings is 1. The maximum atomic E-state index is 14.0. The molecule has 1 atom stereocenters. The van der Waals surface area contributed by atoms with Crippen LogP contribution in [0.15, 0.2) is 11.2 Å². The summed E-state index contributed by atoms with van der Waals surface area (Å²) in [5, 5.41) is 2.56. The summed E-state index contributed by atoms with van der Waals surface area (Å²) >= 11 is 0. The third-order valence-electron chi connectivity index (χ3n) is 5.02. The van der Waals surface area contributed by atoms with Gasteiger partial charge in [-0.15, -0.1) is 0 Å². The Morgan fingerprint density at radius 3 is 2.50 bits per heavy atom. The van der Waals surface area contributed by atoms with Crippen molar-refractivity contribution in [3.8, 4) is 0 Å². The highest BCUT2D eigenvalue weighted by molar-refractivity contribution is 7.89. The number of aromatic nitrogens is 2. The molecule has 1 aromatic heterocycles. The van der Waals surface area contributed by atoms with Gasteiger partial charge in [0.05, 0.1) is 6.54 Å². The number of aryl methyl sites for hydroxylation is 2. The lowest BCUT2D eigenvalue weighted by molar-refractivity contribution is -0.154. The van der Waals surface area contributed by atoms with Crippen molar-refractivity contribution in [2.75, 3.05) is 39.3 Å². The van der Waals surface area contributed by atoms with Gasteiger partial charge in [0, 0.05) is 39.4 Å². The van der Waals surface area contributed by atoms with E-state index in [1.165, 1.54) is 15.4 Å². The summed E-state index contributed by atoms with van der Waals surface area (Å²) in [6.07, 6.45) is 1.52. The highest BCUT2D eigenvalue weighted by Gasteiger charge is 2.48. The van der Waals surface area contributed by atoms with Gasteiger partial charge in [-0.1, -0.05) is 0 Å². The lowest BCUT2D eigenvalue weighted by Crippen LogP contribution is -2.57. The fourth-order valence-electron chi connectivity index (χ4n) is 3.29. The van der Waals surface area contributed by atoms with Crippen LogP contribution in [0.25, 0.3) is 0 Å². The van der Waals surface area contributed by atoms with Crippen molar-refractivity contribution < 1.29 is 22.0 Å². The Balaban J connectivity index is 1.66. The SMILES string of the molecule is Cc1nc(S(=O)(=O)N2CCN(C(=O)C3CCNCC3(F)F)CC2)cn1C. The minimum Gasteiger partial charge on any atom is -0.340 e. The predicted octanol–water partition coefficient (Wildman–Crippen LogP) is -0.194. The van der Waals surface area contributed by atoms with E-state index in [0.29, 0.717) is 12.4 Å². The Morgan fingerprint density at radius 2 is 1.96 bits per heavy atom. The second-order valence-corrected chi connectivity index (χ2v) is 8.63. The van der Waals surface area contributed by atoms with Gasteiger partial charge in [0.2, 0.25) is 5.91 Å². The van der Waals surface area contributed by atoms with Gasteiger partial charge in [-0.25, -0.2) is 22.2 Å². The van der Waals surface area contributed by atoms with E-state index in [9.17, 15) is 22.0 Å².